The Morgan fingerprint density at radius 1 is 0.629 bits per heavy atom. The number of pyridine rings is 1. The minimum absolute atomic E-state index is 0.468. The first-order valence-electron chi connectivity index (χ1n) is 11.2. The summed E-state index contributed by atoms with van der Waals surface area (Å²) in [6, 6.07) is 32.2. The summed E-state index contributed by atoms with van der Waals surface area (Å²) in [5.41, 5.74) is 4.39. The molecule has 35 heavy (non-hydrogen) atoms. The van der Waals surface area contributed by atoms with E-state index in [1.165, 1.54) is 32.3 Å². The van der Waals surface area contributed by atoms with Gasteiger partial charge in [-0.3, -0.25) is 0 Å². The van der Waals surface area contributed by atoms with E-state index in [0.29, 0.717) is 17.0 Å². The molecule has 7 rings (SSSR count). The molecule has 0 aliphatic rings. The first-order chi connectivity index (χ1) is 17.2. The van der Waals surface area contributed by atoms with E-state index in [0.717, 1.165) is 22.3 Å². The van der Waals surface area contributed by atoms with Crippen molar-refractivity contribution in [3.05, 3.63) is 102 Å². The Hall–Kier alpha value is -5.26. The van der Waals surface area contributed by atoms with Crippen molar-refractivity contribution in [2.45, 2.75) is 0 Å². The third kappa shape index (κ3) is 2.86. The van der Waals surface area contributed by atoms with Crippen LogP contribution < -0.4 is 0 Å². The number of fused-ring (bicyclic) bond motifs is 4. The quantitative estimate of drug-likeness (QED) is 0.296. The molecule has 0 amide bonds. The Labute approximate surface area is 200 Å². The van der Waals surface area contributed by atoms with Crippen LogP contribution in [0.2, 0.25) is 0 Å². The Morgan fingerprint density at radius 3 is 1.97 bits per heavy atom. The number of nitrogens with zero attached hydrogens (tertiary/aromatic N) is 5. The van der Waals surface area contributed by atoms with Crippen molar-refractivity contribution in [2.24, 2.45) is 0 Å². The predicted octanol–water partition coefficient (Wildman–Crippen LogP) is 6.70. The van der Waals surface area contributed by atoms with E-state index in [4.69, 9.17) is 10.1 Å². The van der Waals surface area contributed by atoms with E-state index >= 15 is 0 Å². The summed E-state index contributed by atoms with van der Waals surface area (Å²) in [7, 11) is 0. The Bertz CT molecular complexity index is 1900. The fourth-order valence-corrected chi connectivity index (χ4v) is 5.01. The number of hydrogen-bond acceptors (Lipinski definition) is 4. The molecular formula is C30H15N5. The van der Waals surface area contributed by atoms with Gasteiger partial charge in [0.15, 0.2) is 11.5 Å². The summed E-state index contributed by atoms with van der Waals surface area (Å²) in [4.78, 5) is 4.81. The minimum atomic E-state index is 0.468. The monoisotopic (exact) mass is 445 g/mol. The SMILES string of the molecule is N#Cc1cc(C#N)cc(-c2ccc(-c3nc4cc5c(cn4n3)c3cccc4cccc5c43)cc2)c1. The van der Waals surface area contributed by atoms with Gasteiger partial charge in [0, 0.05) is 17.1 Å². The number of rotatable bonds is 2. The van der Waals surface area contributed by atoms with Gasteiger partial charge in [-0.2, -0.15) is 10.5 Å². The Morgan fingerprint density at radius 2 is 1.29 bits per heavy atom. The normalized spacial score (nSPS) is 11.4. The van der Waals surface area contributed by atoms with Gasteiger partial charge in [-0.1, -0.05) is 60.7 Å². The smallest absolute Gasteiger partial charge is 0.182 e. The van der Waals surface area contributed by atoms with Crippen LogP contribution in [-0.4, -0.2) is 14.6 Å². The summed E-state index contributed by atoms with van der Waals surface area (Å²) >= 11 is 0. The van der Waals surface area contributed by atoms with E-state index in [-0.39, 0.29) is 0 Å². The molecule has 0 unspecified atom stereocenters. The average molecular weight is 445 g/mol. The third-order valence-electron chi connectivity index (χ3n) is 6.63. The van der Waals surface area contributed by atoms with E-state index in [1.54, 1.807) is 18.2 Å². The third-order valence-corrected chi connectivity index (χ3v) is 6.63. The van der Waals surface area contributed by atoms with Crippen LogP contribution in [0.5, 0.6) is 0 Å². The first-order valence-corrected chi connectivity index (χ1v) is 11.2. The van der Waals surface area contributed by atoms with Crippen molar-refractivity contribution >= 4 is 38.0 Å². The second-order valence-corrected chi connectivity index (χ2v) is 8.65. The molecule has 0 aliphatic carbocycles. The van der Waals surface area contributed by atoms with Crippen molar-refractivity contribution in [3.8, 4) is 34.7 Å². The lowest BCUT2D eigenvalue weighted by Gasteiger charge is -2.04. The largest absolute Gasteiger partial charge is 0.220 e. The highest BCUT2D eigenvalue weighted by atomic mass is 15.3. The second-order valence-electron chi connectivity index (χ2n) is 8.65. The molecule has 160 valence electrons. The molecule has 0 radical (unpaired) electrons. The lowest BCUT2D eigenvalue weighted by molar-refractivity contribution is 0.975. The van der Waals surface area contributed by atoms with Gasteiger partial charge in [0.05, 0.1) is 23.3 Å². The molecule has 0 aliphatic heterocycles. The van der Waals surface area contributed by atoms with Crippen molar-refractivity contribution in [3.63, 3.8) is 0 Å². The fourth-order valence-electron chi connectivity index (χ4n) is 5.01. The highest BCUT2D eigenvalue weighted by molar-refractivity contribution is 6.30. The van der Waals surface area contributed by atoms with Gasteiger partial charge in [0.1, 0.15) is 0 Å². The number of nitriles is 2. The molecule has 2 heterocycles. The molecule has 0 saturated carbocycles. The van der Waals surface area contributed by atoms with Gasteiger partial charge in [-0.25, -0.2) is 9.50 Å². The van der Waals surface area contributed by atoms with Crippen LogP contribution in [-0.2, 0) is 0 Å². The number of aromatic nitrogens is 3. The van der Waals surface area contributed by atoms with E-state index in [1.807, 2.05) is 28.8 Å². The molecule has 5 aromatic carbocycles. The molecule has 0 saturated heterocycles. The molecular weight excluding hydrogens is 430 g/mol. The van der Waals surface area contributed by atoms with Crippen molar-refractivity contribution < 1.29 is 0 Å². The van der Waals surface area contributed by atoms with Gasteiger partial charge in [-0.15, -0.1) is 5.10 Å². The summed E-state index contributed by atoms with van der Waals surface area (Å²) < 4.78 is 1.85. The minimum Gasteiger partial charge on any atom is -0.220 e. The molecule has 0 N–H and O–H groups in total. The van der Waals surface area contributed by atoms with Gasteiger partial charge >= 0.3 is 0 Å². The first kappa shape index (κ1) is 19.2. The maximum Gasteiger partial charge on any atom is 0.182 e. The average Bonchev–Trinajstić information content (AvgIpc) is 3.47. The Kier molecular flexibility index (Phi) is 3.91. The van der Waals surface area contributed by atoms with Crippen molar-refractivity contribution in [1.82, 2.24) is 14.6 Å². The van der Waals surface area contributed by atoms with E-state index in [9.17, 15) is 10.5 Å². The zero-order chi connectivity index (χ0) is 23.5. The van der Waals surface area contributed by atoms with Crippen molar-refractivity contribution in [1.29, 1.82) is 10.5 Å². The van der Waals surface area contributed by atoms with Crippen LogP contribution in [0.1, 0.15) is 11.1 Å². The zero-order valence-corrected chi connectivity index (χ0v) is 18.4. The second kappa shape index (κ2) is 7.12. The summed E-state index contributed by atoms with van der Waals surface area (Å²) in [6.07, 6.45) is 2.07. The van der Waals surface area contributed by atoms with Gasteiger partial charge in [0.25, 0.3) is 0 Å². The summed E-state index contributed by atoms with van der Waals surface area (Å²) in [5, 5.41) is 30.6. The van der Waals surface area contributed by atoms with Crippen LogP contribution in [0.4, 0.5) is 0 Å². The number of hydrogen-bond donors (Lipinski definition) is 0. The highest BCUT2D eigenvalue weighted by Crippen LogP contribution is 2.38. The molecule has 0 spiro atoms. The molecule has 0 atom stereocenters. The molecule has 2 aromatic heterocycles. The van der Waals surface area contributed by atoms with Crippen LogP contribution >= 0.6 is 0 Å². The molecule has 7 aromatic rings. The molecule has 5 nitrogen and oxygen atoms in total. The zero-order valence-electron chi connectivity index (χ0n) is 18.4. The Balaban J connectivity index is 1.33. The van der Waals surface area contributed by atoms with Crippen LogP contribution in [0.25, 0.3) is 60.5 Å². The van der Waals surface area contributed by atoms with E-state index < -0.39 is 0 Å². The standard InChI is InChI=1S/C30H15N5/c31-15-18-11-19(16-32)13-23(12-18)20-7-9-22(10-8-20)30-33-28-14-26-24-5-1-3-21-4-2-6-25(29(21)24)27(26)17-35(28)34-30/h1-14,17H. The van der Waals surface area contributed by atoms with Gasteiger partial charge < -0.3 is 0 Å². The summed E-state index contributed by atoms with van der Waals surface area (Å²) in [6.45, 7) is 0. The number of benzene rings is 4. The topological polar surface area (TPSA) is 77.8 Å². The maximum absolute atomic E-state index is 9.27. The van der Waals surface area contributed by atoms with Gasteiger partial charge in [-0.05, 0) is 62.3 Å². The fraction of sp³-hybridized carbons (Fsp3) is 0. The van der Waals surface area contributed by atoms with Crippen LogP contribution in [0.15, 0.2) is 91.1 Å². The van der Waals surface area contributed by atoms with E-state index in [2.05, 4.69) is 60.8 Å². The van der Waals surface area contributed by atoms with Crippen LogP contribution in [0, 0.1) is 22.7 Å². The van der Waals surface area contributed by atoms with Gasteiger partial charge in [0.2, 0.25) is 0 Å². The summed E-state index contributed by atoms with van der Waals surface area (Å²) in [5.74, 6) is 0.648. The molecule has 0 bridgehead atoms. The predicted molar refractivity (Wildman–Crippen MR) is 137 cm³/mol. The lowest BCUT2D eigenvalue weighted by Crippen LogP contribution is -1.87. The highest BCUT2D eigenvalue weighted by Gasteiger charge is 2.14. The van der Waals surface area contributed by atoms with Crippen LogP contribution in [0.3, 0.4) is 0 Å². The molecule has 5 heteroatoms. The molecule has 0 fully saturated rings. The lowest BCUT2D eigenvalue weighted by atomic mass is 9.99. The van der Waals surface area contributed by atoms with Crippen molar-refractivity contribution in [2.75, 3.05) is 0 Å². The maximum atomic E-state index is 9.27.